The zero-order chi connectivity index (χ0) is 24.8. The number of halogens is 1. The summed E-state index contributed by atoms with van der Waals surface area (Å²) in [6, 6.07) is 17.3. The molecule has 1 fully saturated rings. The molecule has 0 saturated heterocycles. The van der Waals surface area contributed by atoms with E-state index in [1.165, 1.54) is 17.8 Å². The first-order valence-electron chi connectivity index (χ1n) is 12.1. The number of aromatic nitrogens is 3. The first-order chi connectivity index (χ1) is 17.5. The van der Waals surface area contributed by atoms with Crippen molar-refractivity contribution in [2.45, 2.75) is 19.8 Å². The van der Waals surface area contributed by atoms with Crippen LogP contribution in [-0.4, -0.2) is 20.3 Å². The molecule has 2 aromatic carbocycles. The Balaban J connectivity index is 1.49. The van der Waals surface area contributed by atoms with Crippen molar-refractivity contribution in [1.82, 2.24) is 14.0 Å². The van der Waals surface area contributed by atoms with Crippen molar-refractivity contribution >= 4 is 34.8 Å². The van der Waals surface area contributed by atoms with E-state index >= 15 is 0 Å². The van der Waals surface area contributed by atoms with Crippen LogP contribution in [-0.2, 0) is 7.05 Å². The van der Waals surface area contributed by atoms with Crippen LogP contribution in [0.25, 0.3) is 16.9 Å². The monoisotopic (exact) mass is 515 g/mol. The van der Waals surface area contributed by atoms with Crippen molar-refractivity contribution in [3.63, 3.8) is 0 Å². The van der Waals surface area contributed by atoms with Crippen LogP contribution in [0.3, 0.4) is 0 Å². The molecule has 2 bridgehead atoms. The van der Waals surface area contributed by atoms with Gasteiger partial charge < -0.3 is 0 Å². The van der Waals surface area contributed by atoms with Gasteiger partial charge in [-0.25, -0.2) is 14.4 Å². The number of allylic oxidation sites excluding steroid dienone is 2. The molecule has 1 saturated carbocycles. The number of thiazole rings is 1. The Morgan fingerprint density at radius 3 is 2.64 bits per heavy atom. The second-order valence-corrected chi connectivity index (χ2v) is 10.7. The van der Waals surface area contributed by atoms with E-state index in [0.29, 0.717) is 33.3 Å². The number of hydrogen-bond acceptors (Lipinski definition) is 4. The Labute approximate surface area is 218 Å². The molecule has 2 heterocycles. The average molecular weight is 516 g/mol. The molecule has 0 amide bonds. The van der Waals surface area contributed by atoms with E-state index in [9.17, 15) is 4.79 Å². The maximum absolute atomic E-state index is 13.5. The van der Waals surface area contributed by atoms with Gasteiger partial charge in [0.15, 0.2) is 5.69 Å². The van der Waals surface area contributed by atoms with Crippen LogP contribution in [0, 0.1) is 24.7 Å². The number of fused-ring (bicyclic) bond motifs is 2. The van der Waals surface area contributed by atoms with Crippen LogP contribution in [0.2, 0.25) is 5.02 Å². The lowest BCUT2D eigenvalue weighted by molar-refractivity contribution is 0.590. The standard InChI is InChI=1S/C28H26ClN5OS/c1-18-26(27(35)34(32(18)2)24-9-4-3-5-10-24)31-28-33(30-16-22-14-19-11-12-20(22)13-19)25(17-36-28)21-7-6-8-23(29)15-21/h3-12,15-17,19-20,22H,13-14H2,1-2H3. The summed E-state index contributed by atoms with van der Waals surface area (Å²) in [5, 5.41) is 7.62. The zero-order valence-corrected chi connectivity index (χ0v) is 21.7. The fourth-order valence-electron chi connectivity index (χ4n) is 5.26. The number of benzene rings is 2. The lowest BCUT2D eigenvalue weighted by Crippen LogP contribution is -2.20. The van der Waals surface area contributed by atoms with Crippen LogP contribution in [0.1, 0.15) is 18.5 Å². The van der Waals surface area contributed by atoms with Crippen molar-refractivity contribution in [1.29, 1.82) is 0 Å². The zero-order valence-electron chi connectivity index (χ0n) is 20.1. The first-order valence-corrected chi connectivity index (χ1v) is 13.3. The Morgan fingerprint density at radius 2 is 1.92 bits per heavy atom. The highest BCUT2D eigenvalue weighted by atomic mass is 35.5. The third-order valence-electron chi connectivity index (χ3n) is 7.24. The molecule has 182 valence electrons. The summed E-state index contributed by atoms with van der Waals surface area (Å²) in [5.41, 5.74) is 3.69. The van der Waals surface area contributed by atoms with Gasteiger partial charge in [0, 0.05) is 35.1 Å². The molecule has 36 heavy (non-hydrogen) atoms. The SMILES string of the molecule is Cc1c(N=c2scc(-c3cccc(Cl)c3)n2N=CC2CC3C=CC2C3)c(=O)n(-c2ccccc2)n1C. The van der Waals surface area contributed by atoms with Crippen LogP contribution < -0.4 is 10.4 Å². The lowest BCUT2D eigenvalue weighted by atomic mass is 9.95. The Morgan fingerprint density at radius 1 is 1.08 bits per heavy atom. The fraction of sp³-hybridized carbons (Fsp3) is 0.250. The summed E-state index contributed by atoms with van der Waals surface area (Å²) in [6.45, 7) is 1.92. The van der Waals surface area contributed by atoms with E-state index in [1.807, 2.05) is 83.3 Å². The first kappa shape index (κ1) is 23.0. The van der Waals surface area contributed by atoms with Crippen LogP contribution in [0.5, 0.6) is 0 Å². The largest absolute Gasteiger partial charge is 0.297 e. The summed E-state index contributed by atoms with van der Waals surface area (Å²) in [7, 11) is 1.88. The van der Waals surface area contributed by atoms with Crippen LogP contribution >= 0.6 is 22.9 Å². The molecule has 0 spiro atoms. The van der Waals surface area contributed by atoms with E-state index in [0.717, 1.165) is 29.1 Å². The molecule has 0 N–H and O–H groups in total. The minimum absolute atomic E-state index is 0.160. The van der Waals surface area contributed by atoms with E-state index in [2.05, 4.69) is 18.4 Å². The highest BCUT2D eigenvalue weighted by molar-refractivity contribution is 7.07. The Hall–Kier alpha value is -3.42. The number of nitrogens with zero attached hydrogens (tertiary/aromatic N) is 5. The van der Waals surface area contributed by atoms with Gasteiger partial charge in [-0.3, -0.25) is 9.48 Å². The number of hydrogen-bond donors (Lipinski definition) is 0. The number of rotatable bonds is 5. The lowest BCUT2D eigenvalue weighted by Gasteiger charge is -2.12. The molecule has 6 nitrogen and oxygen atoms in total. The molecule has 3 unspecified atom stereocenters. The fourth-order valence-corrected chi connectivity index (χ4v) is 6.29. The van der Waals surface area contributed by atoms with Gasteiger partial charge in [-0.2, -0.15) is 5.10 Å². The molecule has 2 aromatic heterocycles. The molecule has 0 aliphatic heterocycles. The van der Waals surface area contributed by atoms with Crippen molar-refractivity contribution < 1.29 is 0 Å². The normalized spacial score (nSPS) is 21.3. The van der Waals surface area contributed by atoms with Gasteiger partial charge in [0.05, 0.1) is 17.1 Å². The summed E-state index contributed by atoms with van der Waals surface area (Å²) in [5.74, 6) is 1.64. The highest BCUT2D eigenvalue weighted by Gasteiger charge is 2.34. The van der Waals surface area contributed by atoms with Gasteiger partial charge in [-0.1, -0.05) is 54.1 Å². The van der Waals surface area contributed by atoms with Gasteiger partial charge >= 0.3 is 0 Å². The summed E-state index contributed by atoms with van der Waals surface area (Å²) in [4.78, 5) is 19.0. The molecule has 6 rings (SSSR count). The maximum atomic E-state index is 13.5. The van der Waals surface area contributed by atoms with Gasteiger partial charge in [0.25, 0.3) is 5.56 Å². The third kappa shape index (κ3) is 4.02. The highest BCUT2D eigenvalue weighted by Crippen LogP contribution is 2.42. The van der Waals surface area contributed by atoms with Gasteiger partial charge in [0.1, 0.15) is 0 Å². The molecule has 8 heteroatoms. The predicted octanol–water partition coefficient (Wildman–Crippen LogP) is 5.95. The summed E-state index contributed by atoms with van der Waals surface area (Å²) < 4.78 is 5.34. The molecular weight excluding hydrogens is 490 g/mol. The maximum Gasteiger partial charge on any atom is 0.297 e. The van der Waals surface area contributed by atoms with Crippen molar-refractivity contribution in [2.24, 2.45) is 34.9 Å². The minimum atomic E-state index is -0.160. The van der Waals surface area contributed by atoms with Crippen molar-refractivity contribution in [2.75, 3.05) is 0 Å². The molecular formula is C28H26ClN5OS. The van der Waals surface area contributed by atoms with Gasteiger partial charge in [-0.15, -0.1) is 11.3 Å². The van der Waals surface area contributed by atoms with Crippen molar-refractivity contribution in [3.8, 4) is 16.9 Å². The van der Waals surface area contributed by atoms with Crippen LogP contribution in [0.4, 0.5) is 5.69 Å². The second-order valence-electron chi connectivity index (χ2n) is 9.46. The van der Waals surface area contributed by atoms with E-state index in [1.54, 1.807) is 4.68 Å². The smallest absolute Gasteiger partial charge is 0.283 e. The average Bonchev–Trinajstić information content (AvgIpc) is 3.65. The summed E-state index contributed by atoms with van der Waals surface area (Å²) >= 11 is 7.77. The van der Waals surface area contributed by atoms with E-state index in [4.69, 9.17) is 21.7 Å². The molecule has 2 aliphatic carbocycles. The van der Waals surface area contributed by atoms with Gasteiger partial charge in [0.2, 0.25) is 4.80 Å². The molecule has 3 atom stereocenters. The summed E-state index contributed by atoms with van der Waals surface area (Å²) in [6.07, 6.45) is 9.07. The van der Waals surface area contributed by atoms with Crippen molar-refractivity contribution in [3.05, 3.63) is 98.0 Å². The third-order valence-corrected chi connectivity index (χ3v) is 8.29. The van der Waals surface area contributed by atoms with E-state index in [-0.39, 0.29) is 5.56 Å². The van der Waals surface area contributed by atoms with Gasteiger partial charge in [-0.05, 0) is 55.9 Å². The molecule has 2 aliphatic rings. The quantitative estimate of drug-likeness (QED) is 0.239. The van der Waals surface area contributed by atoms with Crippen LogP contribution in [0.15, 0.2) is 87.0 Å². The molecule has 4 aromatic rings. The second kappa shape index (κ2) is 9.22. The van der Waals surface area contributed by atoms with E-state index < -0.39 is 0 Å². The topological polar surface area (TPSA) is 56.6 Å². The molecule has 0 radical (unpaired) electrons. The Kier molecular flexibility index (Phi) is 5.90. The number of para-hydroxylation sites is 1. The minimum Gasteiger partial charge on any atom is -0.283 e. The predicted molar refractivity (Wildman–Crippen MR) is 146 cm³/mol. The Bertz CT molecular complexity index is 1620.